The van der Waals surface area contributed by atoms with Gasteiger partial charge < -0.3 is 19.7 Å². The highest BCUT2D eigenvalue weighted by atomic mass is 35.5. The molecule has 1 aromatic carbocycles. The maximum absolute atomic E-state index is 12.4. The molecule has 1 amide bonds. The smallest absolute Gasteiger partial charge is 0.407 e. The third-order valence-corrected chi connectivity index (χ3v) is 7.24. The van der Waals surface area contributed by atoms with Crippen molar-refractivity contribution in [1.29, 1.82) is 0 Å². The predicted molar refractivity (Wildman–Crippen MR) is 164 cm³/mol. The molecular weight excluding hydrogens is 542 g/mol. The van der Waals surface area contributed by atoms with E-state index in [9.17, 15) is 4.79 Å². The average Bonchev–Trinajstić information content (AvgIpc) is 2.95. The summed E-state index contributed by atoms with van der Waals surface area (Å²) < 4.78 is 11.2. The van der Waals surface area contributed by atoms with Crippen molar-refractivity contribution in [1.82, 2.24) is 20.6 Å². The monoisotopic (exact) mass is 583 g/mol. The van der Waals surface area contributed by atoms with Crippen molar-refractivity contribution in [2.24, 2.45) is 16.0 Å². The van der Waals surface area contributed by atoms with E-state index in [4.69, 9.17) is 26.1 Å². The Balaban J connectivity index is 1.52. The van der Waals surface area contributed by atoms with Gasteiger partial charge in [0.25, 0.3) is 0 Å². The second-order valence-electron chi connectivity index (χ2n) is 11.3. The predicted octanol–water partition coefficient (Wildman–Crippen LogP) is 5.00. The van der Waals surface area contributed by atoms with Gasteiger partial charge in [-0.3, -0.25) is 10.3 Å². The molecule has 1 atom stereocenters. The lowest BCUT2D eigenvalue weighted by molar-refractivity contribution is 0.0440. The number of aliphatic imine (C=N–C) groups is 1. The average molecular weight is 584 g/mol. The van der Waals surface area contributed by atoms with Gasteiger partial charge in [0, 0.05) is 62.7 Å². The van der Waals surface area contributed by atoms with Crippen molar-refractivity contribution in [3.63, 3.8) is 0 Å². The topological polar surface area (TPSA) is 104 Å². The highest BCUT2D eigenvalue weighted by Gasteiger charge is 2.26. The van der Waals surface area contributed by atoms with E-state index in [0.717, 1.165) is 48.8 Å². The first-order valence-corrected chi connectivity index (χ1v) is 14.7. The summed E-state index contributed by atoms with van der Waals surface area (Å²) in [4.78, 5) is 26.5. The van der Waals surface area contributed by atoms with Crippen LogP contribution < -0.4 is 15.6 Å². The Labute approximate surface area is 248 Å². The van der Waals surface area contributed by atoms with Gasteiger partial charge in [-0.2, -0.15) is 5.10 Å². The number of piperidine rings is 1. The van der Waals surface area contributed by atoms with Crippen LogP contribution in [0.3, 0.4) is 0 Å². The minimum Gasteiger partial charge on any atom is -0.444 e. The lowest BCUT2D eigenvalue weighted by Gasteiger charge is -2.34. The fourth-order valence-electron chi connectivity index (χ4n) is 4.93. The SMILES string of the molecule is CCOCC(CNC(=O)OC(C)(C)C)N1C/C=N/NC(C2CCN(c3ccccn3)CC2)=Nc2ccc(Cl)cc2C1. The molecule has 2 N–H and O–H groups in total. The number of aromatic nitrogens is 1. The van der Waals surface area contributed by atoms with Gasteiger partial charge in [0.15, 0.2) is 0 Å². The molecule has 1 saturated heterocycles. The number of rotatable bonds is 8. The largest absolute Gasteiger partial charge is 0.444 e. The number of alkyl carbamates (subject to hydrolysis) is 1. The number of anilines is 1. The van der Waals surface area contributed by atoms with Gasteiger partial charge in [0.05, 0.1) is 18.3 Å². The lowest BCUT2D eigenvalue weighted by Crippen LogP contribution is -2.48. The molecule has 0 spiro atoms. The van der Waals surface area contributed by atoms with E-state index >= 15 is 0 Å². The molecule has 2 aliphatic heterocycles. The lowest BCUT2D eigenvalue weighted by atomic mass is 9.95. The van der Waals surface area contributed by atoms with Gasteiger partial charge in [-0.25, -0.2) is 14.8 Å². The molecule has 2 aromatic rings. The van der Waals surface area contributed by atoms with Crippen molar-refractivity contribution in [2.45, 2.75) is 58.7 Å². The second kappa shape index (κ2) is 14.6. The quantitative estimate of drug-likeness (QED) is 0.450. The van der Waals surface area contributed by atoms with Crippen molar-refractivity contribution < 1.29 is 14.3 Å². The number of pyridine rings is 1. The van der Waals surface area contributed by atoms with E-state index in [1.807, 2.05) is 70.4 Å². The number of benzene rings is 1. The Kier molecular flexibility index (Phi) is 11.0. The molecule has 1 aromatic heterocycles. The maximum Gasteiger partial charge on any atom is 0.407 e. The van der Waals surface area contributed by atoms with Gasteiger partial charge >= 0.3 is 6.09 Å². The summed E-state index contributed by atoms with van der Waals surface area (Å²) in [6.07, 6.45) is 5.11. The van der Waals surface area contributed by atoms with Crippen molar-refractivity contribution in [3.05, 3.63) is 53.2 Å². The molecule has 222 valence electrons. The molecule has 10 nitrogen and oxygen atoms in total. The molecular formula is C30H42ClN7O3. The van der Waals surface area contributed by atoms with Crippen LogP contribution in [0.2, 0.25) is 5.02 Å². The van der Waals surface area contributed by atoms with Crippen molar-refractivity contribution >= 4 is 41.2 Å². The standard InChI is InChI=1S/C30H42ClN7O3/c1-5-40-21-25(19-33-29(39)41-30(2,3)4)38-17-14-34-36-28(35-26-10-9-24(31)18-23(26)20-38)22-11-15-37(16-12-22)27-8-6-7-13-32-27/h6-10,13-14,18,22,25H,5,11-12,15-17,19-21H2,1-4H3,(H,33,39)(H,35,36)/b34-14+. The van der Waals surface area contributed by atoms with Gasteiger partial charge in [0.2, 0.25) is 0 Å². The van der Waals surface area contributed by atoms with E-state index < -0.39 is 11.7 Å². The molecule has 0 aliphatic carbocycles. The molecule has 41 heavy (non-hydrogen) atoms. The number of nitrogens with zero attached hydrogens (tertiary/aromatic N) is 5. The second-order valence-corrected chi connectivity index (χ2v) is 11.7. The first-order chi connectivity index (χ1) is 19.7. The summed E-state index contributed by atoms with van der Waals surface area (Å²) in [6, 6.07) is 11.7. The summed E-state index contributed by atoms with van der Waals surface area (Å²) in [5.74, 6) is 2.11. The Morgan fingerprint density at radius 2 is 2.02 bits per heavy atom. The van der Waals surface area contributed by atoms with Gasteiger partial charge in [0.1, 0.15) is 17.3 Å². The van der Waals surface area contributed by atoms with E-state index in [0.29, 0.717) is 37.9 Å². The molecule has 0 radical (unpaired) electrons. The zero-order valence-corrected chi connectivity index (χ0v) is 25.2. The maximum atomic E-state index is 12.4. The highest BCUT2D eigenvalue weighted by molar-refractivity contribution is 6.30. The number of hydrazone groups is 1. The first-order valence-electron chi connectivity index (χ1n) is 14.3. The highest BCUT2D eigenvalue weighted by Crippen LogP contribution is 2.29. The van der Waals surface area contributed by atoms with Crippen LogP contribution in [-0.4, -0.2) is 79.1 Å². The normalized spacial score (nSPS) is 18.5. The minimum absolute atomic E-state index is 0.125. The van der Waals surface area contributed by atoms with Crippen LogP contribution in [0.1, 0.15) is 46.1 Å². The number of nitrogens with one attached hydrogen (secondary N) is 2. The molecule has 2 aliphatic rings. The number of halogens is 1. The van der Waals surface area contributed by atoms with E-state index in [1.54, 1.807) is 0 Å². The first kappa shape index (κ1) is 30.7. The molecule has 0 saturated carbocycles. The van der Waals surface area contributed by atoms with Crippen LogP contribution in [0, 0.1) is 5.92 Å². The Hall–Kier alpha value is -3.21. The molecule has 1 unspecified atom stereocenters. The summed E-state index contributed by atoms with van der Waals surface area (Å²) in [5.41, 5.74) is 4.52. The number of carbonyl (C=O) groups is 1. The number of hydrogen-bond acceptors (Lipinski definition) is 9. The number of amidine groups is 1. The number of carbonyl (C=O) groups excluding carboxylic acids is 1. The van der Waals surface area contributed by atoms with E-state index in [1.165, 1.54) is 0 Å². The van der Waals surface area contributed by atoms with Gasteiger partial charge in [-0.15, -0.1) is 0 Å². The van der Waals surface area contributed by atoms with Crippen LogP contribution in [0.25, 0.3) is 0 Å². The number of amides is 1. The van der Waals surface area contributed by atoms with Crippen LogP contribution in [-0.2, 0) is 16.0 Å². The fraction of sp³-hybridized carbons (Fsp3) is 0.533. The van der Waals surface area contributed by atoms with E-state index in [-0.39, 0.29) is 12.0 Å². The van der Waals surface area contributed by atoms with Gasteiger partial charge in [-0.05, 0) is 76.4 Å². The summed E-state index contributed by atoms with van der Waals surface area (Å²) in [5, 5.41) is 8.12. The van der Waals surface area contributed by atoms with Gasteiger partial charge in [-0.1, -0.05) is 17.7 Å². The van der Waals surface area contributed by atoms with Crippen molar-refractivity contribution in [2.75, 3.05) is 44.3 Å². The van der Waals surface area contributed by atoms with Crippen LogP contribution in [0.5, 0.6) is 0 Å². The van der Waals surface area contributed by atoms with Crippen LogP contribution in [0.15, 0.2) is 52.7 Å². The van der Waals surface area contributed by atoms with Crippen LogP contribution in [0.4, 0.5) is 16.3 Å². The minimum atomic E-state index is -0.574. The Morgan fingerprint density at radius 1 is 1.22 bits per heavy atom. The molecule has 1 fully saturated rings. The van der Waals surface area contributed by atoms with Crippen LogP contribution >= 0.6 is 11.6 Å². The number of ether oxygens (including phenoxy) is 2. The summed E-state index contributed by atoms with van der Waals surface area (Å²) in [7, 11) is 0. The molecule has 3 heterocycles. The van der Waals surface area contributed by atoms with Crippen molar-refractivity contribution in [3.8, 4) is 0 Å². The zero-order valence-electron chi connectivity index (χ0n) is 24.5. The molecule has 4 rings (SSSR count). The van der Waals surface area contributed by atoms with E-state index in [2.05, 4.69) is 36.7 Å². The number of hydrogen-bond donors (Lipinski definition) is 2. The number of fused-ring (bicyclic) bond motifs is 1. The summed E-state index contributed by atoms with van der Waals surface area (Å²) in [6.45, 7) is 11.8. The third kappa shape index (κ3) is 9.41. The Morgan fingerprint density at radius 3 is 2.73 bits per heavy atom. The summed E-state index contributed by atoms with van der Waals surface area (Å²) >= 11 is 6.46. The zero-order chi connectivity index (χ0) is 29.2. The Bertz CT molecular complexity index is 1190. The fourth-order valence-corrected chi connectivity index (χ4v) is 5.13. The molecule has 0 bridgehead atoms. The third-order valence-electron chi connectivity index (χ3n) is 7.01. The molecule has 11 heteroatoms.